The Labute approximate surface area is 56.2 Å². The third kappa shape index (κ3) is 5.35. The molecule has 0 bridgehead atoms. The van der Waals surface area contributed by atoms with E-state index in [0.29, 0.717) is 13.2 Å². The van der Waals surface area contributed by atoms with Crippen molar-refractivity contribution in [3.63, 3.8) is 0 Å². The first-order valence-electron chi connectivity index (χ1n) is 2.85. The lowest BCUT2D eigenvalue weighted by molar-refractivity contribution is -0.0631. The first kappa shape index (κ1) is 8.48. The van der Waals surface area contributed by atoms with Gasteiger partial charge >= 0.3 is 0 Å². The van der Waals surface area contributed by atoms with Crippen LogP contribution in [0.4, 0.5) is 0 Å². The zero-order chi connectivity index (χ0) is 7.11. The molecule has 0 aromatic carbocycles. The van der Waals surface area contributed by atoms with Gasteiger partial charge in [0.25, 0.3) is 0 Å². The minimum Gasteiger partial charge on any atom is -0.359 e. The molecule has 52 valence electrons. The molecule has 1 atom stereocenters. The molecule has 0 fully saturated rings. The molecule has 0 N–H and O–H groups in total. The first-order chi connectivity index (χ1) is 4.31. The summed E-state index contributed by atoms with van der Waals surface area (Å²) >= 11 is 0. The van der Waals surface area contributed by atoms with E-state index < -0.39 is 0 Å². The van der Waals surface area contributed by atoms with Crippen molar-refractivity contribution in [1.29, 1.82) is 0 Å². The summed E-state index contributed by atoms with van der Waals surface area (Å²) < 4.78 is 9.73. The van der Waals surface area contributed by atoms with Crippen molar-refractivity contribution >= 4 is 0 Å². The van der Waals surface area contributed by atoms with Crippen LogP contribution in [0.3, 0.4) is 0 Å². The number of hydrogen-bond acceptors (Lipinski definition) is 2. The zero-order valence-corrected chi connectivity index (χ0v) is 5.89. The summed E-state index contributed by atoms with van der Waals surface area (Å²) in [5.74, 6) is 2.50. The molecule has 0 aliphatic carbocycles. The maximum absolute atomic E-state index is 5.07. The van der Waals surface area contributed by atoms with E-state index in [4.69, 9.17) is 11.2 Å². The fourth-order valence-corrected chi connectivity index (χ4v) is 0.409. The molecule has 1 unspecified atom stereocenters. The predicted octanol–water partition coefficient (Wildman–Crippen LogP) is 1.02. The SMILES string of the molecule is C#CCC(C)OCOC. The lowest BCUT2D eigenvalue weighted by Gasteiger charge is -2.07. The van der Waals surface area contributed by atoms with Crippen LogP contribution in [0.2, 0.25) is 0 Å². The van der Waals surface area contributed by atoms with Gasteiger partial charge in [-0.25, -0.2) is 0 Å². The number of terminal acetylenes is 1. The van der Waals surface area contributed by atoms with Crippen LogP contribution < -0.4 is 0 Å². The summed E-state index contributed by atoms with van der Waals surface area (Å²) in [6.07, 6.45) is 5.78. The Hall–Kier alpha value is -0.520. The van der Waals surface area contributed by atoms with Crippen molar-refractivity contribution in [2.45, 2.75) is 19.4 Å². The number of rotatable bonds is 4. The van der Waals surface area contributed by atoms with E-state index in [0.717, 1.165) is 0 Å². The molecule has 0 aliphatic heterocycles. The van der Waals surface area contributed by atoms with Crippen molar-refractivity contribution in [1.82, 2.24) is 0 Å². The normalized spacial score (nSPS) is 12.6. The molecule has 9 heavy (non-hydrogen) atoms. The van der Waals surface area contributed by atoms with Crippen LogP contribution in [0.1, 0.15) is 13.3 Å². The van der Waals surface area contributed by atoms with Gasteiger partial charge in [-0.1, -0.05) is 0 Å². The molecule has 0 radical (unpaired) electrons. The van der Waals surface area contributed by atoms with Crippen LogP contribution >= 0.6 is 0 Å². The van der Waals surface area contributed by atoms with Crippen LogP contribution in [-0.4, -0.2) is 20.0 Å². The summed E-state index contributed by atoms with van der Waals surface area (Å²) in [6.45, 7) is 2.24. The molecule has 2 heteroatoms. The largest absolute Gasteiger partial charge is 0.359 e. The molecule has 0 aliphatic rings. The molecule has 2 nitrogen and oxygen atoms in total. The Morgan fingerprint density at radius 3 is 2.78 bits per heavy atom. The number of ether oxygens (including phenoxy) is 2. The van der Waals surface area contributed by atoms with Gasteiger partial charge < -0.3 is 9.47 Å². The van der Waals surface area contributed by atoms with Gasteiger partial charge in [-0.3, -0.25) is 0 Å². The molecule has 0 aromatic rings. The first-order valence-corrected chi connectivity index (χ1v) is 2.85. The second-order valence-electron chi connectivity index (χ2n) is 1.79. The summed E-state index contributed by atoms with van der Waals surface area (Å²) in [6, 6.07) is 0. The quantitative estimate of drug-likeness (QED) is 0.415. The Kier molecular flexibility index (Phi) is 5.29. The van der Waals surface area contributed by atoms with Gasteiger partial charge in [-0.2, -0.15) is 0 Å². The minimum absolute atomic E-state index is 0.106. The summed E-state index contributed by atoms with van der Waals surface area (Å²) in [5, 5.41) is 0. The fourth-order valence-electron chi connectivity index (χ4n) is 0.409. The molecule has 0 spiro atoms. The highest BCUT2D eigenvalue weighted by Gasteiger charge is 1.96. The van der Waals surface area contributed by atoms with Gasteiger partial charge in [-0.05, 0) is 6.92 Å². The highest BCUT2D eigenvalue weighted by atomic mass is 16.7. The van der Waals surface area contributed by atoms with Gasteiger partial charge in [-0.15, -0.1) is 12.3 Å². The molecule has 0 saturated heterocycles. The third-order valence-electron chi connectivity index (χ3n) is 0.876. The maximum atomic E-state index is 5.07. The Morgan fingerprint density at radius 2 is 2.33 bits per heavy atom. The summed E-state index contributed by atoms with van der Waals surface area (Å²) in [5.41, 5.74) is 0. The lowest BCUT2D eigenvalue weighted by atomic mass is 10.3. The van der Waals surface area contributed by atoms with E-state index in [2.05, 4.69) is 10.7 Å². The Bertz CT molecular complexity index is 93.6. The van der Waals surface area contributed by atoms with Crippen molar-refractivity contribution in [3.05, 3.63) is 0 Å². The molecule has 0 aromatic heterocycles. The van der Waals surface area contributed by atoms with E-state index in [-0.39, 0.29) is 6.10 Å². The van der Waals surface area contributed by atoms with Crippen LogP contribution in [0, 0.1) is 12.3 Å². The molecular formula is C7H12O2. The molecular weight excluding hydrogens is 116 g/mol. The maximum Gasteiger partial charge on any atom is 0.146 e. The highest BCUT2D eigenvalue weighted by Crippen LogP contribution is 1.94. The predicted molar refractivity (Wildman–Crippen MR) is 35.9 cm³/mol. The minimum atomic E-state index is 0.106. The van der Waals surface area contributed by atoms with E-state index in [1.165, 1.54) is 0 Å². The average Bonchev–Trinajstić information content (AvgIpc) is 1.85. The van der Waals surface area contributed by atoms with Gasteiger partial charge in [0.15, 0.2) is 0 Å². The zero-order valence-electron chi connectivity index (χ0n) is 5.89. The molecule has 0 saturated carbocycles. The van der Waals surface area contributed by atoms with Crippen molar-refractivity contribution in [2.24, 2.45) is 0 Å². The van der Waals surface area contributed by atoms with Crippen LogP contribution in [0.5, 0.6) is 0 Å². The van der Waals surface area contributed by atoms with Gasteiger partial charge in [0, 0.05) is 13.5 Å². The molecule has 0 amide bonds. The van der Waals surface area contributed by atoms with Crippen LogP contribution in [-0.2, 0) is 9.47 Å². The van der Waals surface area contributed by atoms with E-state index in [1.54, 1.807) is 7.11 Å². The fraction of sp³-hybridized carbons (Fsp3) is 0.714. The van der Waals surface area contributed by atoms with Crippen molar-refractivity contribution in [2.75, 3.05) is 13.9 Å². The monoisotopic (exact) mass is 128 g/mol. The van der Waals surface area contributed by atoms with Gasteiger partial charge in [0.2, 0.25) is 0 Å². The average molecular weight is 128 g/mol. The van der Waals surface area contributed by atoms with Crippen LogP contribution in [0.15, 0.2) is 0 Å². The number of hydrogen-bond donors (Lipinski definition) is 0. The lowest BCUT2D eigenvalue weighted by Crippen LogP contribution is -2.08. The standard InChI is InChI=1S/C7H12O2/c1-4-5-7(2)9-6-8-3/h1,7H,5-6H2,2-3H3. The third-order valence-corrected chi connectivity index (χ3v) is 0.876. The molecule has 0 rings (SSSR count). The summed E-state index contributed by atoms with van der Waals surface area (Å²) in [4.78, 5) is 0. The van der Waals surface area contributed by atoms with Crippen molar-refractivity contribution in [3.8, 4) is 12.3 Å². The van der Waals surface area contributed by atoms with Crippen molar-refractivity contribution < 1.29 is 9.47 Å². The smallest absolute Gasteiger partial charge is 0.146 e. The topological polar surface area (TPSA) is 18.5 Å². The molecule has 0 heterocycles. The van der Waals surface area contributed by atoms with E-state index in [9.17, 15) is 0 Å². The van der Waals surface area contributed by atoms with E-state index in [1.807, 2.05) is 6.92 Å². The van der Waals surface area contributed by atoms with Gasteiger partial charge in [0.05, 0.1) is 6.10 Å². The Morgan fingerprint density at radius 1 is 1.67 bits per heavy atom. The highest BCUT2D eigenvalue weighted by molar-refractivity contribution is 4.85. The summed E-state index contributed by atoms with van der Waals surface area (Å²) in [7, 11) is 1.59. The second-order valence-corrected chi connectivity index (χ2v) is 1.79. The second kappa shape index (κ2) is 5.61. The van der Waals surface area contributed by atoms with Gasteiger partial charge in [0.1, 0.15) is 6.79 Å². The number of methoxy groups -OCH3 is 1. The van der Waals surface area contributed by atoms with E-state index >= 15 is 0 Å². The van der Waals surface area contributed by atoms with Crippen LogP contribution in [0.25, 0.3) is 0 Å². The Balaban J connectivity index is 3.08.